The van der Waals surface area contributed by atoms with E-state index in [1.165, 1.54) is 12.1 Å². The van der Waals surface area contributed by atoms with Gasteiger partial charge in [0.25, 0.3) is 5.91 Å². The molecule has 0 spiro atoms. The Bertz CT molecular complexity index is 530. The summed E-state index contributed by atoms with van der Waals surface area (Å²) < 4.78 is 13.3. The quantitative estimate of drug-likeness (QED) is 0.854. The second-order valence-electron chi connectivity index (χ2n) is 3.13. The molecule has 0 aliphatic rings. The van der Waals surface area contributed by atoms with Gasteiger partial charge >= 0.3 is 0 Å². The Morgan fingerprint density at radius 1 is 1.53 bits per heavy atom. The minimum absolute atomic E-state index is 0.0568. The summed E-state index contributed by atoms with van der Waals surface area (Å²) in [4.78, 5) is 11.6. The Labute approximate surface area is 100 Å². The van der Waals surface area contributed by atoms with Crippen LogP contribution < -0.4 is 5.32 Å². The Hall–Kier alpha value is -2.02. The van der Waals surface area contributed by atoms with Gasteiger partial charge in [-0.2, -0.15) is 5.21 Å². The number of aromatic nitrogens is 4. The average Bonchev–Trinajstić information content (AvgIpc) is 2.82. The smallest absolute Gasteiger partial charge is 0.254 e. The lowest BCUT2D eigenvalue weighted by atomic mass is 10.2. The summed E-state index contributed by atoms with van der Waals surface area (Å²) in [5, 5.41) is 15.6. The highest BCUT2D eigenvalue weighted by Gasteiger charge is 2.12. The molecule has 0 bridgehead atoms. The van der Waals surface area contributed by atoms with Crippen molar-refractivity contribution in [1.82, 2.24) is 25.9 Å². The van der Waals surface area contributed by atoms with E-state index in [9.17, 15) is 9.18 Å². The number of carbonyl (C=O) groups is 1. The summed E-state index contributed by atoms with van der Waals surface area (Å²) in [7, 11) is 0. The van der Waals surface area contributed by atoms with Crippen molar-refractivity contribution >= 4 is 17.5 Å². The third-order valence-corrected chi connectivity index (χ3v) is 2.20. The zero-order chi connectivity index (χ0) is 12.3. The van der Waals surface area contributed by atoms with Gasteiger partial charge in [-0.15, -0.1) is 10.2 Å². The highest BCUT2D eigenvalue weighted by molar-refractivity contribution is 6.30. The lowest BCUT2D eigenvalue weighted by Gasteiger charge is -2.04. The van der Waals surface area contributed by atoms with E-state index in [4.69, 9.17) is 11.6 Å². The third-order valence-electron chi connectivity index (χ3n) is 1.97. The molecule has 1 aromatic carbocycles. The molecular weight excluding hydrogens is 249 g/mol. The number of tetrazole rings is 1. The van der Waals surface area contributed by atoms with Gasteiger partial charge in [0.2, 0.25) is 0 Å². The Balaban J connectivity index is 2.07. The number of hydrogen-bond acceptors (Lipinski definition) is 4. The zero-order valence-electron chi connectivity index (χ0n) is 8.44. The van der Waals surface area contributed by atoms with Crippen molar-refractivity contribution in [2.24, 2.45) is 0 Å². The van der Waals surface area contributed by atoms with Crippen LogP contribution in [0.25, 0.3) is 0 Å². The highest BCUT2D eigenvalue weighted by atomic mass is 35.5. The van der Waals surface area contributed by atoms with Gasteiger partial charge < -0.3 is 5.32 Å². The lowest BCUT2D eigenvalue weighted by molar-refractivity contribution is 0.0946. The first-order valence-electron chi connectivity index (χ1n) is 4.62. The molecule has 17 heavy (non-hydrogen) atoms. The van der Waals surface area contributed by atoms with Crippen molar-refractivity contribution in [2.45, 2.75) is 6.54 Å². The Morgan fingerprint density at radius 2 is 2.35 bits per heavy atom. The molecule has 0 aliphatic heterocycles. The van der Waals surface area contributed by atoms with Crippen molar-refractivity contribution in [1.29, 1.82) is 0 Å². The van der Waals surface area contributed by atoms with E-state index in [0.717, 1.165) is 6.07 Å². The number of carbonyl (C=O) groups excluding carboxylic acids is 1. The van der Waals surface area contributed by atoms with E-state index < -0.39 is 11.7 Å². The third kappa shape index (κ3) is 2.76. The van der Waals surface area contributed by atoms with Crippen LogP contribution in [0.1, 0.15) is 16.2 Å². The minimum Gasteiger partial charge on any atom is -0.344 e. The molecule has 0 saturated heterocycles. The van der Waals surface area contributed by atoms with Gasteiger partial charge in [-0.1, -0.05) is 16.8 Å². The summed E-state index contributed by atoms with van der Waals surface area (Å²) in [5.74, 6) is -0.921. The topological polar surface area (TPSA) is 83.6 Å². The van der Waals surface area contributed by atoms with E-state index >= 15 is 0 Å². The van der Waals surface area contributed by atoms with E-state index in [1.54, 1.807) is 0 Å². The van der Waals surface area contributed by atoms with Gasteiger partial charge in [0.15, 0.2) is 5.82 Å². The van der Waals surface area contributed by atoms with Crippen molar-refractivity contribution in [3.63, 3.8) is 0 Å². The number of halogens is 2. The number of nitrogens with one attached hydrogen (secondary N) is 2. The summed E-state index contributed by atoms with van der Waals surface area (Å²) in [5.41, 5.74) is -0.124. The molecule has 1 aromatic heterocycles. The number of H-pyrrole nitrogens is 1. The van der Waals surface area contributed by atoms with Gasteiger partial charge in [-0.25, -0.2) is 4.39 Å². The molecule has 8 heteroatoms. The fourth-order valence-electron chi connectivity index (χ4n) is 1.18. The van der Waals surface area contributed by atoms with Crippen molar-refractivity contribution in [3.05, 3.63) is 40.4 Å². The van der Waals surface area contributed by atoms with Crippen LogP contribution in [0, 0.1) is 5.82 Å². The molecular formula is C9H7ClFN5O. The molecule has 0 fully saturated rings. The van der Waals surface area contributed by atoms with Gasteiger partial charge in [-0.3, -0.25) is 4.79 Å². The molecule has 88 valence electrons. The highest BCUT2D eigenvalue weighted by Crippen LogP contribution is 2.14. The average molecular weight is 256 g/mol. The molecule has 0 radical (unpaired) electrons. The largest absolute Gasteiger partial charge is 0.344 e. The van der Waals surface area contributed by atoms with E-state index in [-0.39, 0.29) is 17.1 Å². The van der Waals surface area contributed by atoms with Crippen LogP contribution in [-0.4, -0.2) is 26.5 Å². The predicted molar refractivity (Wildman–Crippen MR) is 56.8 cm³/mol. The number of rotatable bonds is 3. The van der Waals surface area contributed by atoms with Crippen molar-refractivity contribution in [3.8, 4) is 0 Å². The van der Waals surface area contributed by atoms with Crippen LogP contribution in [0.3, 0.4) is 0 Å². The van der Waals surface area contributed by atoms with E-state index in [2.05, 4.69) is 25.9 Å². The van der Waals surface area contributed by atoms with Crippen molar-refractivity contribution in [2.75, 3.05) is 0 Å². The number of hydrogen-bond donors (Lipinski definition) is 2. The SMILES string of the molecule is O=C(NCc1nn[nH]n1)c1cc(Cl)ccc1F. The monoisotopic (exact) mass is 255 g/mol. The summed E-state index contributed by atoms with van der Waals surface area (Å²) in [6, 6.07) is 3.75. The fraction of sp³-hybridized carbons (Fsp3) is 0.111. The minimum atomic E-state index is -0.639. The van der Waals surface area contributed by atoms with Crippen LogP contribution in [0.5, 0.6) is 0 Å². The predicted octanol–water partition coefficient (Wildman–Crippen LogP) is 0.922. The van der Waals surface area contributed by atoms with E-state index in [1.807, 2.05) is 0 Å². The molecule has 1 amide bonds. The molecule has 1 heterocycles. The first kappa shape index (κ1) is 11.5. The van der Waals surface area contributed by atoms with Crippen LogP contribution in [0.2, 0.25) is 5.02 Å². The molecule has 2 N–H and O–H groups in total. The summed E-state index contributed by atoms with van der Waals surface area (Å²) in [6.45, 7) is 0.0568. The van der Waals surface area contributed by atoms with Crippen LogP contribution in [0.15, 0.2) is 18.2 Å². The first-order valence-corrected chi connectivity index (χ1v) is 5.00. The van der Waals surface area contributed by atoms with Gasteiger partial charge in [0, 0.05) is 5.02 Å². The molecule has 2 aromatic rings. The molecule has 2 rings (SSSR count). The molecule has 0 atom stereocenters. The maximum atomic E-state index is 13.3. The maximum Gasteiger partial charge on any atom is 0.254 e. The Kier molecular flexibility index (Phi) is 3.29. The van der Waals surface area contributed by atoms with Gasteiger partial charge in [0.1, 0.15) is 5.82 Å². The second kappa shape index (κ2) is 4.88. The van der Waals surface area contributed by atoms with Crippen LogP contribution in [0.4, 0.5) is 4.39 Å². The standard InChI is InChI=1S/C9H7ClFN5O/c10-5-1-2-7(11)6(3-5)9(17)12-4-8-13-15-16-14-8/h1-3H,4H2,(H,12,17)(H,13,14,15,16). The van der Waals surface area contributed by atoms with Gasteiger partial charge in [0.05, 0.1) is 12.1 Å². The summed E-state index contributed by atoms with van der Waals surface area (Å²) in [6.07, 6.45) is 0. The van der Waals surface area contributed by atoms with Crippen LogP contribution >= 0.6 is 11.6 Å². The molecule has 0 aliphatic carbocycles. The number of amides is 1. The van der Waals surface area contributed by atoms with Gasteiger partial charge in [-0.05, 0) is 18.2 Å². The zero-order valence-corrected chi connectivity index (χ0v) is 9.20. The normalized spacial score (nSPS) is 10.2. The maximum absolute atomic E-state index is 13.3. The molecule has 0 saturated carbocycles. The number of nitrogens with zero attached hydrogens (tertiary/aromatic N) is 3. The Morgan fingerprint density at radius 3 is 3.06 bits per heavy atom. The lowest BCUT2D eigenvalue weighted by Crippen LogP contribution is -2.24. The second-order valence-corrected chi connectivity index (χ2v) is 3.57. The van der Waals surface area contributed by atoms with Crippen molar-refractivity contribution < 1.29 is 9.18 Å². The number of benzene rings is 1. The van der Waals surface area contributed by atoms with E-state index in [0.29, 0.717) is 5.82 Å². The molecule has 0 unspecified atom stereocenters. The first-order chi connectivity index (χ1) is 8.16. The molecule has 6 nitrogen and oxygen atoms in total. The van der Waals surface area contributed by atoms with Crippen LogP contribution in [-0.2, 0) is 6.54 Å². The summed E-state index contributed by atoms with van der Waals surface area (Å²) >= 11 is 5.67. The fourth-order valence-corrected chi connectivity index (χ4v) is 1.36. The number of aromatic amines is 1.